The van der Waals surface area contributed by atoms with Gasteiger partial charge in [0.1, 0.15) is 5.70 Å². The van der Waals surface area contributed by atoms with Gasteiger partial charge in [0.2, 0.25) is 0 Å². The van der Waals surface area contributed by atoms with Crippen molar-refractivity contribution in [3.8, 4) is 0 Å². The monoisotopic (exact) mass is 289 g/mol. The summed E-state index contributed by atoms with van der Waals surface area (Å²) in [5.41, 5.74) is 3.12. The summed E-state index contributed by atoms with van der Waals surface area (Å²) in [6.07, 6.45) is 1.26. The number of imide groups is 1. The van der Waals surface area contributed by atoms with Gasteiger partial charge in [-0.2, -0.15) is 0 Å². The van der Waals surface area contributed by atoms with Gasteiger partial charge in [0.05, 0.1) is 13.2 Å². The fraction of sp³-hybridized carbons (Fsp3) is 0.333. The third-order valence-electron chi connectivity index (χ3n) is 3.30. The molecule has 0 aromatic heterocycles. The molecule has 1 aromatic carbocycles. The van der Waals surface area contributed by atoms with Crippen LogP contribution < -0.4 is 10.2 Å². The van der Waals surface area contributed by atoms with E-state index >= 15 is 0 Å². The number of carbonyl (C=O) groups excluding carboxylic acids is 2. The molecule has 2 rings (SSSR count). The molecular weight excluding hydrogens is 270 g/mol. The van der Waals surface area contributed by atoms with Crippen molar-refractivity contribution < 1.29 is 14.7 Å². The molecule has 6 nitrogen and oxygen atoms in total. The lowest BCUT2D eigenvalue weighted by Gasteiger charge is -2.18. The maximum absolute atomic E-state index is 12.0. The smallest absolute Gasteiger partial charge is 0.277 e. The van der Waals surface area contributed by atoms with Crippen molar-refractivity contribution in [1.82, 2.24) is 4.90 Å². The Morgan fingerprint density at radius 3 is 2.62 bits per heavy atom. The average molecular weight is 289 g/mol. The van der Waals surface area contributed by atoms with E-state index in [9.17, 15) is 9.59 Å². The largest absolute Gasteiger partial charge is 0.395 e. The summed E-state index contributed by atoms with van der Waals surface area (Å²) in [6, 6.07) is 5.73. The van der Waals surface area contributed by atoms with E-state index in [4.69, 9.17) is 5.11 Å². The second-order valence-corrected chi connectivity index (χ2v) is 5.10. The van der Waals surface area contributed by atoms with Crippen LogP contribution in [-0.4, -0.2) is 49.1 Å². The third-order valence-corrected chi connectivity index (χ3v) is 3.30. The van der Waals surface area contributed by atoms with E-state index in [0.29, 0.717) is 0 Å². The highest BCUT2D eigenvalue weighted by molar-refractivity contribution is 6.17. The van der Waals surface area contributed by atoms with E-state index < -0.39 is 11.8 Å². The maximum Gasteiger partial charge on any atom is 0.277 e. The van der Waals surface area contributed by atoms with Gasteiger partial charge in [-0.3, -0.25) is 14.5 Å². The van der Waals surface area contributed by atoms with Crippen molar-refractivity contribution in [3.05, 3.63) is 35.5 Å². The zero-order chi connectivity index (χ0) is 15.6. The van der Waals surface area contributed by atoms with Gasteiger partial charge in [0.25, 0.3) is 11.8 Å². The lowest BCUT2D eigenvalue weighted by molar-refractivity contribution is -0.137. The molecule has 0 saturated carbocycles. The molecule has 0 unspecified atom stereocenters. The molecule has 6 heteroatoms. The molecule has 1 aromatic rings. The number of rotatable bonds is 5. The van der Waals surface area contributed by atoms with E-state index in [1.165, 1.54) is 6.08 Å². The number of carbonyl (C=O) groups is 2. The molecule has 0 bridgehead atoms. The standard InChI is InChI=1S/C15H19N3O3/c1-10-4-5-11(8-13(10)17(2)3)16-12-9-14(20)18(6-7-19)15(12)21/h4-5,8-9,16,19H,6-7H2,1-3H3. The molecule has 21 heavy (non-hydrogen) atoms. The highest BCUT2D eigenvalue weighted by atomic mass is 16.3. The number of anilines is 2. The Labute approximate surface area is 123 Å². The Kier molecular flexibility index (Phi) is 4.28. The summed E-state index contributed by atoms with van der Waals surface area (Å²) in [4.78, 5) is 26.7. The van der Waals surface area contributed by atoms with E-state index in [1.807, 2.05) is 44.1 Å². The molecule has 2 N–H and O–H groups in total. The highest BCUT2D eigenvalue weighted by Crippen LogP contribution is 2.24. The van der Waals surface area contributed by atoms with Gasteiger partial charge >= 0.3 is 0 Å². The lowest BCUT2D eigenvalue weighted by atomic mass is 10.1. The summed E-state index contributed by atoms with van der Waals surface area (Å²) >= 11 is 0. The normalized spacial score (nSPS) is 14.5. The minimum atomic E-state index is -0.416. The number of hydrogen-bond acceptors (Lipinski definition) is 5. The van der Waals surface area contributed by atoms with Crippen LogP contribution in [0.1, 0.15) is 5.56 Å². The molecule has 2 amide bonds. The van der Waals surface area contributed by atoms with Crippen LogP contribution in [-0.2, 0) is 9.59 Å². The van der Waals surface area contributed by atoms with Crippen LogP contribution in [0.3, 0.4) is 0 Å². The van der Waals surface area contributed by atoms with Crippen molar-refractivity contribution in [3.63, 3.8) is 0 Å². The number of β-amino-alcohol motifs (C(OH)–C–C–N with tert-alkyl or cyclic N) is 1. The van der Waals surface area contributed by atoms with Crippen LogP contribution in [0.15, 0.2) is 30.0 Å². The van der Waals surface area contributed by atoms with Gasteiger partial charge in [0.15, 0.2) is 0 Å². The fourth-order valence-electron chi connectivity index (χ4n) is 2.23. The number of amides is 2. The fourth-order valence-corrected chi connectivity index (χ4v) is 2.23. The van der Waals surface area contributed by atoms with Gasteiger partial charge in [-0.05, 0) is 24.6 Å². The molecule has 0 aliphatic carbocycles. The highest BCUT2D eigenvalue weighted by Gasteiger charge is 2.30. The second-order valence-electron chi connectivity index (χ2n) is 5.10. The molecule has 0 radical (unpaired) electrons. The predicted octanol–water partition coefficient (Wildman–Crippen LogP) is 0.718. The molecule has 0 atom stereocenters. The molecule has 0 saturated heterocycles. The number of nitrogens with zero attached hydrogens (tertiary/aromatic N) is 2. The van der Waals surface area contributed by atoms with E-state index in [0.717, 1.165) is 21.8 Å². The molecular formula is C15H19N3O3. The Morgan fingerprint density at radius 1 is 1.29 bits per heavy atom. The first-order chi connectivity index (χ1) is 9.93. The van der Waals surface area contributed by atoms with Gasteiger partial charge in [-0.15, -0.1) is 0 Å². The number of aliphatic hydroxyl groups is 1. The van der Waals surface area contributed by atoms with E-state index in [1.54, 1.807) is 0 Å². The van der Waals surface area contributed by atoms with Crippen LogP contribution in [0.5, 0.6) is 0 Å². The minimum absolute atomic E-state index is 0.0101. The Balaban J connectivity index is 2.20. The Morgan fingerprint density at radius 2 is 2.00 bits per heavy atom. The first-order valence-electron chi connectivity index (χ1n) is 6.67. The Hall–Kier alpha value is -2.34. The van der Waals surface area contributed by atoms with Crippen LogP contribution in [0, 0.1) is 6.92 Å². The average Bonchev–Trinajstić information content (AvgIpc) is 2.69. The zero-order valence-corrected chi connectivity index (χ0v) is 12.4. The summed E-state index contributed by atoms with van der Waals surface area (Å²) in [7, 11) is 3.89. The van der Waals surface area contributed by atoms with Crippen molar-refractivity contribution in [2.24, 2.45) is 0 Å². The third kappa shape index (κ3) is 3.05. The second kappa shape index (κ2) is 5.97. The van der Waals surface area contributed by atoms with Crippen molar-refractivity contribution in [2.75, 3.05) is 37.5 Å². The SMILES string of the molecule is Cc1ccc(NC2=CC(=O)N(CCO)C2=O)cc1N(C)C. The Bertz CT molecular complexity index is 608. The molecule has 0 fully saturated rings. The molecule has 0 spiro atoms. The maximum atomic E-state index is 12.0. The number of aliphatic hydroxyl groups excluding tert-OH is 1. The van der Waals surface area contributed by atoms with Crippen LogP contribution >= 0.6 is 0 Å². The number of aryl methyl sites for hydroxylation is 1. The zero-order valence-electron chi connectivity index (χ0n) is 12.4. The molecule has 1 aliphatic heterocycles. The van der Waals surface area contributed by atoms with Crippen molar-refractivity contribution >= 4 is 23.2 Å². The van der Waals surface area contributed by atoms with Crippen molar-refractivity contribution in [1.29, 1.82) is 0 Å². The van der Waals surface area contributed by atoms with Crippen LogP contribution in [0.25, 0.3) is 0 Å². The first-order valence-corrected chi connectivity index (χ1v) is 6.67. The summed E-state index contributed by atoms with van der Waals surface area (Å²) in [5.74, 6) is -0.822. The van der Waals surface area contributed by atoms with E-state index in [2.05, 4.69) is 5.32 Å². The first kappa shape index (κ1) is 15.1. The van der Waals surface area contributed by atoms with Gasteiger partial charge in [-0.1, -0.05) is 6.07 Å². The molecule has 112 valence electrons. The lowest BCUT2D eigenvalue weighted by Crippen LogP contribution is -2.34. The number of nitrogens with one attached hydrogen (secondary N) is 1. The van der Waals surface area contributed by atoms with Crippen LogP contribution in [0.4, 0.5) is 11.4 Å². The topological polar surface area (TPSA) is 72.9 Å². The van der Waals surface area contributed by atoms with Crippen LogP contribution in [0.2, 0.25) is 0 Å². The van der Waals surface area contributed by atoms with E-state index in [-0.39, 0.29) is 18.8 Å². The summed E-state index contributed by atoms with van der Waals surface area (Å²) in [5, 5.41) is 11.8. The molecule has 1 aliphatic rings. The summed E-state index contributed by atoms with van der Waals surface area (Å²) in [6.45, 7) is 1.77. The van der Waals surface area contributed by atoms with Gasteiger partial charge in [-0.25, -0.2) is 0 Å². The van der Waals surface area contributed by atoms with Crippen molar-refractivity contribution in [2.45, 2.75) is 6.92 Å². The summed E-state index contributed by atoms with van der Waals surface area (Å²) < 4.78 is 0. The molecule has 1 heterocycles. The number of benzene rings is 1. The minimum Gasteiger partial charge on any atom is -0.395 e. The quantitative estimate of drug-likeness (QED) is 0.781. The predicted molar refractivity (Wildman–Crippen MR) is 81.0 cm³/mol. The number of hydrogen-bond donors (Lipinski definition) is 2. The van der Waals surface area contributed by atoms with Gasteiger partial charge in [0, 0.05) is 31.5 Å². The van der Waals surface area contributed by atoms with Gasteiger partial charge < -0.3 is 15.3 Å².